The SMILES string of the molecule is Brc1ccnc(N2CCCCC2)c1. The number of rotatable bonds is 1. The third-order valence-corrected chi connectivity index (χ3v) is 2.88. The van der Waals surface area contributed by atoms with Crippen molar-refractivity contribution in [2.75, 3.05) is 18.0 Å². The third-order valence-electron chi connectivity index (χ3n) is 2.39. The van der Waals surface area contributed by atoms with Crippen molar-refractivity contribution in [1.82, 2.24) is 4.98 Å². The molecule has 1 saturated heterocycles. The van der Waals surface area contributed by atoms with Crippen LogP contribution >= 0.6 is 15.9 Å². The molecular formula is C10H13BrN2. The first-order chi connectivity index (χ1) is 6.36. The Hall–Kier alpha value is -0.570. The van der Waals surface area contributed by atoms with E-state index in [0.29, 0.717) is 0 Å². The van der Waals surface area contributed by atoms with E-state index in [9.17, 15) is 0 Å². The molecule has 70 valence electrons. The summed E-state index contributed by atoms with van der Waals surface area (Å²) in [6, 6.07) is 4.05. The monoisotopic (exact) mass is 240 g/mol. The van der Waals surface area contributed by atoms with E-state index in [4.69, 9.17) is 0 Å². The number of hydrogen-bond donors (Lipinski definition) is 0. The summed E-state index contributed by atoms with van der Waals surface area (Å²) >= 11 is 3.46. The van der Waals surface area contributed by atoms with E-state index in [-0.39, 0.29) is 0 Å². The highest BCUT2D eigenvalue weighted by molar-refractivity contribution is 9.10. The first kappa shape index (κ1) is 9.00. The molecule has 0 spiro atoms. The van der Waals surface area contributed by atoms with Gasteiger partial charge in [0.2, 0.25) is 0 Å². The van der Waals surface area contributed by atoms with Gasteiger partial charge in [-0.05, 0) is 31.4 Å². The van der Waals surface area contributed by atoms with Crippen LogP contribution in [0.1, 0.15) is 19.3 Å². The van der Waals surface area contributed by atoms with Gasteiger partial charge in [0.1, 0.15) is 5.82 Å². The number of halogens is 1. The molecule has 13 heavy (non-hydrogen) atoms. The topological polar surface area (TPSA) is 16.1 Å². The van der Waals surface area contributed by atoms with Gasteiger partial charge in [0.05, 0.1) is 0 Å². The quantitative estimate of drug-likeness (QED) is 0.751. The Labute approximate surface area is 87.1 Å². The van der Waals surface area contributed by atoms with Crippen LogP contribution in [0, 0.1) is 0 Å². The fourth-order valence-electron chi connectivity index (χ4n) is 1.69. The van der Waals surface area contributed by atoms with Gasteiger partial charge >= 0.3 is 0 Å². The van der Waals surface area contributed by atoms with Crippen molar-refractivity contribution in [3.8, 4) is 0 Å². The van der Waals surface area contributed by atoms with Crippen LogP contribution in [0.2, 0.25) is 0 Å². The molecule has 0 atom stereocenters. The van der Waals surface area contributed by atoms with E-state index in [1.165, 1.54) is 19.3 Å². The first-order valence-corrected chi connectivity index (χ1v) is 5.52. The largest absolute Gasteiger partial charge is 0.357 e. The lowest BCUT2D eigenvalue weighted by Crippen LogP contribution is -2.29. The fourth-order valence-corrected chi connectivity index (χ4v) is 2.01. The Morgan fingerprint density at radius 3 is 2.69 bits per heavy atom. The van der Waals surface area contributed by atoms with Crippen molar-refractivity contribution in [3.63, 3.8) is 0 Å². The van der Waals surface area contributed by atoms with E-state index >= 15 is 0 Å². The number of aromatic nitrogens is 1. The molecule has 0 unspecified atom stereocenters. The van der Waals surface area contributed by atoms with E-state index < -0.39 is 0 Å². The lowest BCUT2D eigenvalue weighted by Gasteiger charge is -2.27. The predicted molar refractivity (Wildman–Crippen MR) is 58.0 cm³/mol. The summed E-state index contributed by atoms with van der Waals surface area (Å²) in [7, 11) is 0. The standard InChI is InChI=1S/C10H13BrN2/c11-9-4-5-12-10(8-9)13-6-2-1-3-7-13/h4-5,8H,1-3,6-7H2. The first-order valence-electron chi connectivity index (χ1n) is 4.73. The molecule has 0 amide bonds. The average Bonchev–Trinajstić information content (AvgIpc) is 2.19. The molecule has 2 nitrogen and oxygen atoms in total. The van der Waals surface area contributed by atoms with Gasteiger partial charge in [-0.15, -0.1) is 0 Å². The smallest absolute Gasteiger partial charge is 0.129 e. The minimum Gasteiger partial charge on any atom is -0.357 e. The van der Waals surface area contributed by atoms with Gasteiger partial charge < -0.3 is 4.90 Å². The summed E-state index contributed by atoms with van der Waals surface area (Å²) in [5, 5.41) is 0. The summed E-state index contributed by atoms with van der Waals surface area (Å²) in [5.74, 6) is 1.11. The molecule has 0 aromatic carbocycles. The van der Waals surface area contributed by atoms with Crippen molar-refractivity contribution < 1.29 is 0 Å². The van der Waals surface area contributed by atoms with Crippen molar-refractivity contribution in [1.29, 1.82) is 0 Å². The lowest BCUT2D eigenvalue weighted by molar-refractivity contribution is 0.573. The van der Waals surface area contributed by atoms with Crippen LogP contribution in [0.3, 0.4) is 0 Å². The number of anilines is 1. The third kappa shape index (κ3) is 2.21. The molecule has 1 aliphatic rings. The second kappa shape index (κ2) is 4.09. The number of hydrogen-bond acceptors (Lipinski definition) is 2. The minimum absolute atomic E-state index is 1.11. The van der Waals surface area contributed by atoms with Crippen LogP contribution in [0.25, 0.3) is 0 Å². The van der Waals surface area contributed by atoms with Crippen molar-refractivity contribution >= 4 is 21.7 Å². The van der Waals surface area contributed by atoms with Crippen molar-refractivity contribution in [2.24, 2.45) is 0 Å². The van der Waals surface area contributed by atoms with Crippen LogP contribution in [-0.4, -0.2) is 18.1 Å². The van der Waals surface area contributed by atoms with Crippen molar-refractivity contribution in [2.45, 2.75) is 19.3 Å². The Kier molecular flexibility index (Phi) is 2.83. The van der Waals surface area contributed by atoms with Gasteiger partial charge in [-0.2, -0.15) is 0 Å². The summed E-state index contributed by atoms with van der Waals surface area (Å²) in [5.41, 5.74) is 0. The molecule has 1 aromatic rings. The second-order valence-electron chi connectivity index (χ2n) is 3.38. The maximum Gasteiger partial charge on any atom is 0.129 e. The Bertz CT molecular complexity index is 282. The number of piperidine rings is 1. The molecule has 3 heteroatoms. The molecular weight excluding hydrogens is 228 g/mol. The Balaban J connectivity index is 2.14. The van der Waals surface area contributed by atoms with Gasteiger partial charge in [0, 0.05) is 23.8 Å². The molecule has 0 bridgehead atoms. The zero-order valence-electron chi connectivity index (χ0n) is 7.54. The predicted octanol–water partition coefficient (Wildman–Crippen LogP) is 2.83. The number of pyridine rings is 1. The Morgan fingerprint density at radius 1 is 1.23 bits per heavy atom. The minimum atomic E-state index is 1.11. The highest BCUT2D eigenvalue weighted by Crippen LogP contribution is 2.20. The molecule has 1 aromatic heterocycles. The van der Waals surface area contributed by atoms with Gasteiger partial charge in [0.25, 0.3) is 0 Å². The molecule has 0 radical (unpaired) electrons. The van der Waals surface area contributed by atoms with Gasteiger partial charge in [-0.3, -0.25) is 0 Å². The zero-order chi connectivity index (χ0) is 9.10. The van der Waals surface area contributed by atoms with Crippen LogP contribution in [0.15, 0.2) is 22.8 Å². The van der Waals surface area contributed by atoms with E-state index in [2.05, 4.69) is 31.9 Å². The number of nitrogens with zero attached hydrogens (tertiary/aromatic N) is 2. The van der Waals surface area contributed by atoms with Crippen LogP contribution in [-0.2, 0) is 0 Å². The highest BCUT2D eigenvalue weighted by atomic mass is 79.9. The summed E-state index contributed by atoms with van der Waals surface area (Å²) in [4.78, 5) is 6.71. The van der Waals surface area contributed by atoms with E-state index in [0.717, 1.165) is 23.4 Å². The molecule has 1 aliphatic heterocycles. The highest BCUT2D eigenvalue weighted by Gasteiger charge is 2.11. The molecule has 2 rings (SSSR count). The maximum atomic E-state index is 4.36. The second-order valence-corrected chi connectivity index (χ2v) is 4.30. The summed E-state index contributed by atoms with van der Waals surface area (Å²) < 4.78 is 1.11. The molecule has 0 aliphatic carbocycles. The normalized spacial score (nSPS) is 17.5. The lowest BCUT2D eigenvalue weighted by atomic mass is 10.1. The molecule has 0 N–H and O–H groups in total. The van der Waals surface area contributed by atoms with Crippen LogP contribution in [0.4, 0.5) is 5.82 Å². The van der Waals surface area contributed by atoms with Crippen LogP contribution < -0.4 is 4.90 Å². The van der Waals surface area contributed by atoms with Crippen molar-refractivity contribution in [3.05, 3.63) is 22.8 Å². The van der Waals surface area contributed by atoms with E-state index in [1.54, 1.807) is 0 Å². The zero-order valence-corrected chi connectivity index (χ0v) is 9.13. The summed E-state index contributed by atoms with van der Waals surface area (Å²) in [6.07, 6.45) is 5.82. The van der Waals surface area contributed by atoms with Gasteiger partial charge in [-0.1, -0.05) is 15.9 Å². The Morgan fingerprint density at radius 2 is 2.00 bits per heavy atom. The fraction of sp³-hybridized carbons (Fsp3) is 0.500. The molecule has 2 heterocycles. The maximum absolute atomic E-state index is 4.36. The van der Waals surface area contributed by atoms with Gasteiger partial charge in [0.15, 0.2) is 0 Å². The van der Waals surface area contributed by atoms with Gasteiger partial charge in [-0.25, -0.2) is 4.98 Å². The summed E-state index contributed by atoms with van der Waals surface area (Å²) in [6.45, 7) is 2.31. The van der Waals surface area contributed by atoms with E-state index in [1.807, 2.05) is 12.3 Å². The molecule has 1 fully saturated rings. The molecule has 0 saturated carbocycles. The average molecular weight is 241 g/mol. The van der Waals surface area contributed by atoms with Crippen LogP contribution in [0.5, 0.6) is 0 Å².